The maximum atomic E-state index is 13.3. The number of nitrogens with one attached hydrogen (secondary N) is 2. The number of nitrogens with zero attached hydrogens (tertiary/aromatic N) is 3. The predicted octanol–water partition coefficient (Wildman–Crippen LogP) is 3.27. The van der Waals surface area contributed by atoms with E-state index in [1.54, 1.807) is 6.07 Å². The molecule has 2 aromatic carbocycles. The number of aromatic amines is 1. The van der Waals surface area contributed by atoms with Gasteiger partial charge in [0.05, 0.1) is 0 Å². The van der Waals surface area contributed by atoms with Crippen LogP contribution in [0, 0.1) is 5.82 Å². The normalized spacial score (nSPS) is 10.6. The molecular weight excluding hydrogens is 293 g/mol. The number of rotatable bonds is 4. The Kier molecular flexibility index (Phi) is 3.79. The minimum absolute atomic E-state index is 0.347. The second kappa shape index (κ2) is 5.88. The van der Waals surface area contributed by atoms with Gasteiger partial charge in [-0.15, -0.1) is 10.2 Å². The summed E-state index contributed by atoms with van der Waals surface area (Å²) >= 11 is 5.83. The van der Waals surface area contributed by atoms with Crippen LogP contribution in [0.25, 0.3) is 11.4 Å². The van der Waals surface area contributed by atoms with Crippen molar-refractivity contribution in [1.82, 2.24) is 20.6 Å². The molecule has 0 aliphatic heterocycles. The van der Waals surface area contributed by atoms with E-state index in [1.165, 1.54) is 12.1 Å². The van der Waals surface area contributed by atoms with Gasteiger partial charge >= 0.3 is 0 Å². The molecule has 2 N–H and O–H groups in total. The molecule has 0 unspecified atom stereocenters. The third-order valence-corrected chi connectivity index (χ3v) is 3.10. The number of benzene rings is 2. The Hall–Kier alpha value is -2.47. The van der Waals surface area contributed by atoms with Crippen molar-refractivity contribution in [3.05, 3.63) is 58.9 Å². The van der Waals surface area contributed by atoms with Crippen LogP contribution < -0.4 is 5.32 Å². The number of anilines is 1. The molecule has 7 heteroatoms. The summed E-state index contributed by atoms with van der Waals surface area (Å²) in [4.78, 5) is 0. The van der Waals surface area contributed by atoms with Gasteiger partial charge in [0.15, 0.2) is 0 Å². The van der Waals surface area contributed by atoms with E-state index in [9.17, 15) is 4.39 Å². The second-order valence-electron chi connectivity index (χ2n) is 4.45. The number of aromatic nitrogens is 4. The molecular formula is C14H11ClFN5. The van der Waals surface area contributed by atoms with E-state index >= 15 is 0 Å². The van der Waals surface area contributed by atoms with E-state index in [-0.39, 0.29) is 5.82 Å². The molecule has 0 bridgehead atoms. The van der Waals surface area contributed by atoms with Crippen molar-refractivity contribution in [3.63, 3.8) is 0 Å². The first-order valence-electron chi connectivity index (χ1n) is 6.23. The Morgan fingerprint density at radius 1 is 1.19 bits per heavy atom. The van der Waals surface area contributed by atoms with Crippen molar-refractivity contribution < 1.29 is 4.39 Å². The molecule has 0 atom stereocenters. The highest BCUT2D eigenvalue weighted by atomic mass is 35.5. The second-order valence-corrected chi connectivity index (χ2v) is 4.88. The van der Waals surface area contributed by atoms with E-state index in [0.29, 0.717) is 17.4 Å². The number of H-pyrrole nitrogens is 1. The molecule has 3 rings (SSSR count). The molecule has 0 saturated carbocycles. The van der Waals surface area contributed by atoms with Gasteiger partial charge in [0.1, 0.15) is 5.82 Å². The van der Waals surface area contributed by atoms with Gasteiger partial charge in [0.2, 0.25) is 5.82 Å². The van der Waals surface area contributed by atoms with Crippen molar-refractivity contribution in [2.24, 2.45) is 0 Å². The molecule has 106 valence electrons. The molecule has 0 saturated heterocycles. The van der Waals surface area contributed by atoms with Gasteiger partial charge in [0.25, 0.3) is 0 Å². The van der Waals surface area contributed by atoms with Crippen LogP contribution in [0.1, 0.15) is 5.56 Å². The van der Waals surface area contributed by atoms with Crippen LogP contribution in [-0.4, -0.2) is 20.6 Å². The zero-order valence-electron chi connectivity index (χ0n) is 10.8. The zero-order valence-corrected chi connectivity index (χ0v) is 11.6. The summed E-state index contributed by atoms with van der Waals surface area (Å²) in [7, 11) is 0. The lowest BCUT2D eigenvalue weighted by molar-refractivity contribution is 0.626. The lowest BCUT2D eigenvalue weighted by atomic mass is 10.1. The maximum absolute atomic E-state index is 13.3. The lowest BCUT2D eigenvalue weighted by Crippen LogP contribution is -2.00. The quantitative estimate of drug-likeness (QED) is 0.776. The Morgan fingerprint density at radius 3 is 2.86 bits per heavy atom. The van der Waals surface area contributed by atoms with E-state index in [1.807, 2.05) is 24.3 Å². The highest BCUT2D eigenvalue weighted by molar-refractivity contribution is 6.30. The third-order valence-electron chi connectivity index (χ3n) is 2.89. The lowest BCUT2D eigenvalue weighted by Gasteiger charge is -2.08. The first-order valence-corrected chi connectivity index (χ1v) is 6.61. The molecule has 0 aliphatic carbocycles. The number of hydrogen-bond acceptors (Lipinski definition) is 4. The summed E-state index contributed by atoms with van der Waals surface area (Å²) in [6.07, 6.45) is 0. The fourth-order valence-corrected chi connectivity index (χ4v) is 2.21. The summed E-state index contributed by atoms with van der Waals surface area (Å²) in [5.74, 6) is 0.173. The van der Waals surface area contributed by atoms with Crippen LogP contribution in [0.5, 0.6) is 0 Å². The Labute approximate surface area is 125 Å². The number of hydrogen-bond donors (Lipinski definition) is 2. The predicted molar refractivity (Wildman–Crippen MR) is 78.4 cm³/mol. The first kappa shape index (κ1) is 13.5. The van der Waals surface area contributed by atoms with Gasteiger partial charge < -0.3 is 5.32 Å². The molecule has 5 nitrogen and oxygen atoms in total. The molecule has 0 aliphatic rings. The average molecular weight is 304 g/mol. The van der Waals surface area contributed by atoms with Gasteiger partial charge in [-0.2, -0.15) is 5.21 Å². The zero-order chi connectivity index (χ0) is 14.7. The first-order chi connectivity index (χ1) is 10.2. The van der Waals surface area contributed by atoms with Crippen molar-refractivity contribution in [2.75, 3.05) is 5.32 Å². The average Bonchev–Trinajstić information content (AvgIpc) is 2.99. The van der Waals surface area contributed by atoms with Crippen molar-refractivity contribution >= 4 is 17.3 Å². The Bertz CT molecular complexity index is 725. The molecule has 1 aromatic heterocycles. The Morgan fingerprint density at radius 2 is 2.10 bits per heavy atom. The summed E-state index contributed by atoms with van der Waals surface area (Å²) in [6.45, 7) is 0.465. The van der Waals surface area contributed by atoms with Gasteiger partial charge in [-0.05, 0) is 41.1 Å². The van der Waals surface area contributed by atoms with E-state index in [0.717, 1.165) is 16.8 Å². The summed E-state index contributed by atoms with van der Waals surface area (Å²) in [5, 5.41) is 17.4. The summed E-state index contributed by atoms with van der Waals surface area (Å²) in [6, 6.07) is 12.0. The van der Waals surface area contributed by atoms with Crippen LogP contribution in [0.3, 0.4) is 0 Å². The molecule has 21 heavy (non-hydrogen) atoms. The molecule has 0 amide bonds. The highest BCUT2D eigenvalue weighted by Crippen LogP contribution is 2.20. The molecule has 1 heterocycles. The molecule has 3 aromatic rings. The third kappa shape index (κ3) is 3.35. The largest absolute Gasteiger partial charge is 0.381 e. The molecule has 0 spiro atoms. The van der Waals surface area contributed by atoms with Crippen LogP contribution in [0.2, 0.25) is 5.02 Å². The minimum Gasteiger partial charge on any atom is -0.381 e. The molecule has 0 radical (unpaired) electrons. The van der Waals surface area contributed by atoms with Crippen molar-refractivity contribution in [3.8, 4) is 11.4 Å². The molecule has 0 fully saturated rings. The van der Waals surface area contributed by atoms with Crippen molar-refractivity contribution in [2.45, 2.75) is 6.54 Å². The van der Waals surface area contributed by atoms with Crippen LogP contribution >= 0.6 is 11.6 Å². The smallest absolute Gasteiger partial charge is 0.204 e. The number of tetrazole rings is 1. The minimum atomic E-state index is -0.347. The van der Waals surface area contributed by atoms with Gasteiger partial charge in [-0.1, -0.05) is 23.7 Å². The SMILES string of the molecule is Fc1cc(Cl)cc(CNc2cccc(-c3nn[nH]n3)c2)c1. The number of halogens is 2. The van der Waals surface area contributed by atoms with E-state index in [4.69, 9.17) is 11.6 Å². The van der Waals surface area contributed by atoms with Crippen LogP contribution in [0.15, 0.2) is 42.5 Å². The van der Waals surface area contributed by atoms with E-state index < -0.39 is 0 Å². The van der Waals surface area contributed by atoms with Gasteiger partial charge in [-0.25, -0.2) is 4.39 Å². The highest BCUT2D eigenvalue weighted by Gasteiger charge is 2.04. The van der Waals surface area contributed by atoms with Crippen molar-refractivity contribution in [1.29, 1.82) is 0 Å². The standard InChI is InChI=1S/C14H11ClFN5/c15-11-4-9(5-12(16)7-11)8-17-13-3-1-2-10(6-13)14-18-20-21-19-14/h1-7,17H,8H2,(H,18,19,20,21). The maximum Gasteiger partial charge on any atom is 0.204 e. The fraction of sp³-hybridized carbons (Fsp3) is 0.0714. The topological polar surface area (TPSA) is 66.5 Å². The Balaban J connectivity index is 1.75. The summed E-state index contributed by atoms with van der Waals surface area (Å²) in [5.41, 5.74) is 2.48. The van der Waals surface area contributed by atoms with E-state index in [2.05, 4.69) is 25.9 Å². The summed E-state index contributed by atoms with van der Waals surface area (Å²) < 4.78 is 13.3. The van der Waals surface area contributed by atoms with Crippen LogP contribution in [-0.2, 0) is 6.54 Å². The van der Waals surface area contributed by atoms with Gasteiger partial charge in [-0.3, -0.25) is 0 Å². The monoisotopic (exact) mass is 303 g/mol. The van der Waals surface area contributed by atoms with Crippen LogP contribution in [0.4, 0.5) is 10.1 Å². The van der Waals surface area contributed by atoms with Gasteiger partial charge in [0, 0.05) is 22.8 Å². The fourth-order valence-electron chi connectivity index (χ4n) is 1.97.